The number of methoxy groups -OCH3 is 1. The van der Waals surface area contributed by atoms with Crippen LogP contribution in [0.5, 0.6) is 11.5 Å². The molecule has 33 heavy (non-hydrogen) atoms. The summed E-state index contributed by atoms with van der Waals surface area (Å²) in [4.78, 5) is 15.7. The number of ether oxygens (including phenoxy) is 2. The number of nitrogens with zero attached hydrogens (tertiary/aromatic N) is 1. The maximum absolute atomic E-state index is 13.4. The van der Waals surface area contributed by atoms with Crippen molar-refractivity contribution in [3.63, 3.8) is 0 Å². The Hall–Kier alpha value is -2.83. The first kappa shape index (κ1) is 22.0. The summed E-state index contributed by atoms with van der Waals surface area (Å²) in [6.45, 7) is 10.3. The summed E-state index contributed by atoms with van der Waals surface area (Å²) >= 11 is 0. The highest BCUT2D eigenvalue weighted by atomic mass is 16.5. The molecule has 1 aromatic heterocycles. The minimum absolute atomic E-state index is 0.0366. The summed E-state index contributed by atoms with van der Waals surface area (Å²) < 4.78 is 17.5. The molecule has 2 aliphatic rings. The number of fused-ring (bicyclic) bond motifs is 3. The van der Waals surface area contributed by atoms with Crippen LogP contribution >= 0.6 is 0 Å². The Morgan fingerprint density at radius 3 is 2.39 bits per heavy atom. The van der Waals surface area contributed by atoms with E-state index in [1.807, 2.05) is 36.4 Å². The molecule has 0 amide bonds. The van der Waals surface area contributed by atoms with E-state index in [4.69, 9.17) is 13.9 Å². The number of benzene rings is 2. The first-order valence-electron chi connectivity index (χ1n) is 11.5. The second kappa shape index (κ2) is 7.89. The van der Waals surface area contributed by atoms with Crippen LogP contribution in [-0.2, 0) is 6.54 Å². The van der Waals surface area contributed by atoms with E-state index in [1.165, 1.54) is 0 Å². The number of hydrogen-bond donors (Lipinski definition) is 1. The van der Waals surface area contributed by atoms with Gasteiger partial charge in [0.25, 0.3) is 0 Å². The van der Waals surface area contributed by atoms with Gasteiger partial charge in [-0.2, -0.15) is 0 Å². The standard InChI is InChI=1S/C27H32N2O4/c1-26(2)12-18(13-27(3,4)28-26)29-14-21-23(33-16-29)11-10-20-24(30)22(15-32-25(20)21)17-6-8-19(31-5)9-7-17/h6-11,15,18,28H,12-14,16H2,1-5H3. The molecule has 0 atom stereocenters. The Morgan fingerprint density at radius 2 is 1.73 bits per heavy atom. The number of nitrogens with one attached hydrogen (secondary N) is 1. The molecule has 0 aliphatic carbocycles. The normalized spacial score (nSPS) is 20.3. The second-order valence-electron chi connectivity index (χ2n) is 10.6. The van der Waals surface area contributed by atoms with Gasteiger partial charge >= 0.3 is 0 Å². The van der Waals surface area contributed by atoms with Gasteiger partial charge in [0, 0.05) is 23.7 Å². The van der Waals surface area contributed by atoms with Crippen LogP contribution in [0, 0.1) is 0 Å². The van der Waals surface area contributed by atoms with E-state index in [9.17, 15) is 4.79 Å². The summed E-state index contributed by atoms with van der Waals surface area (Å²) in [5.41, 5.74) is 2.97. The molecule has 5 rings (SSSR count). The Morgan fingerprint density at radius 1 is 1.03 bits per heavy atom. The van der Waals surface area contributed by atoms with Gasteiger partial charge in [-0.1, -0.05) is 12.1 Å². The molecule has 6 nitrogen and oxygen atoms in total. The van der Waals surface area contributed by atoms with Gasteiger partial charge in [0.2, 0.25) is 5.43 Å². The fourth-order valence-corrected chi connectivity index (χ4v) is 5.66. The summed E-state index contributed by atoms with van der Waals surface area (Å²) in [6.07, 6.45) is 3.64. The molecule has 0 radical (unpaired) electrons. The van der Waals surface area contributed by atoms with Crippen molar-refractivity contribution in [2.75, 3.05) is 13.8 Å². The van der Waals surface area contributed by atoms with Gasteiger partial charge in [-0.25, -0.2) is 0 Å². The first-order chi connectivity index (χ1) is 15.7. The van der Waals surface area contributed by atoms with E-state index in [1.54, 1.807) is 13.4 Å². The Bertz CT molecular complexity index is 1230. The van der Waals surface area contributed by atoms with E-state index in [2.05, 4.69) is 37.9 Å². The molecule has 1 N–H and O–H groups in total. The van der Waals surface area contributed by atoms with Crippen LogP contribution in [0.3, 0.4) is 0 Å². The molecule has 0 spiro atoms. The van der Waals surface area contributed by atoms with Crippen molar-refractivity contribution >= 4 is 11.0 Å². The third kappa shape index (κ3) is 4.13. The van der Waals surface area contributed by atoms with Crippen molar-refractivity contribution in [3.05, 3.63) is 58.4 Å². The molecule has 0 unspecified atom stereocenters. The molecule has 0 saturated carbocycles. The fourth-order valence-electron chi connectivity index (χ4n) is 5.66. The molecule has 6 heteroatoms. The zero-order chi connectivity index (χ0) is 23.4. The van der Waals surface area contributed by atoms with Crippen LogP contribution < -0.4 is 20.2 Å². The molecule has 1 saturated heterocycles. The third-order valence-corrected chi connectivity index (χ3v) is 6.83. The summed E-state index contributed by atoms with van der Waals surface area (Å²) in [7, 11) is 1.62. The molecular formula is C27H32N2O4. The third-order valence-electron chi connectivity index (χ3n) is 6.83. The highest BCUT2D eigenvalue weighted by molar-refractivity contribution is 5.85. The highest BCUT2D eigenvalue weighted by Gasteiger charge is 2.41. The SMILES string of the molecule is COc1ccc(-c2coc3c4c(ccc3c2=O)OCN(C2CC(C)(C)NC(C)(C)C2)C4)cc1. The lowest BCUT2D eigenvalue weighted by atomic mass is 9.79. The van der Waals surface area contributed by atoms with E-state index in [-0.39, 0.29) is 16.5 Å². The van der Waals surface area contributed by atoms with Crippen molar-refractivity contribution in [2.24, 2.45) is 0 Å². The monoisotopic (exact) mass is 448 g/mol. The van der Waals surface area contributed by atoms with Crippen LogP contribution in [-0.4, -0.2) is 35.9 Å². The average Bonchev–Trinajstić information content (AvgIpc) is 2.77. The lowest BCUT2D eigenvalue weighted by Crippen LogP contribution is -2.62. The Kier molecular flexibility index (Phi) is 5.26. The zero-order valence-electron chi connectivity index (χ0n) is 20.0. The second-order valence-corrected chi connectivity index (χ2v) is 10.6. The Labute approximate surface area is 194 Å². The van der Waals surface area contributed by atoms with Crippen LogP contribution in [0.1, 0.15) is 46.1 Å². The number of piperidine rings is 1. The van der Waals surface area contributed by atoms with Gasteiger partial charge in [0.15, 0.2) is 0 Å². The molecule has 0 bridgehead atoms. The van der Waals surface area contributed by atoms with Crippen LogP contribution in [0.25, 0.3) is 22.1 Å². The molecule has 2 aromatic carbocycles. The van der Waals surface area contributed by atoms with E-state index < -0.39 is 0 Å². The zero-order valence-corrected chi connectivity index (χ0v) is 20.0. The molecule has 3 aromatic rings. The van der Waals surface area contributed by atoms with Crippen LogP contribution in [0.4, 0.5) is 0 Å². The minimum Gasteiger partial charge on any atom is -0.497 e. The topological polar surface area (TPSA) is 63.9 Å². The van der Waals surface area contributed by atoms with Gasteiger partial charge in [0.05, 0.1) is 23.6 Å². The fraction of sp³-hybridized carbons (Fsp3) is 0.444. The van der Waals surface area contributed by atoms with Crippen LogP contribution in [0.2, 0.25) is 0 Å². The lowest BCUT2D eigenvalue weighted by molar-refractivity contribution is 0.00318. The molecule has 1 fully saturated rings. The molecule has 3 heterocycles. The van der Waals surface area contributed by atoms with Crippen molar-refractivity contribution in [1.82, 2.24) is 10.2 Å². The molecule has 174 valence electrons. The van der Waals surface area contributed by atoms with E-state index in [0.29, 0.717) is 35.9 Å². The van der Waals surface area contributed by atoms with Gasteiger partial charge in [-0.3, -0.25) is 9.69 Å². The maximum Gasteiger partial charge on any atom is 0.200 e. The maximum atomic E-state index is 13.4. The quantitative estimate of drug-likeness (QED) is 0.613. The van der Waals surface area contributed by atoms with Crippen molar-refractivity contribution < 1.29 is 13.9 Å². The highest BCUT2D eigenvalue weighted by Crippen LogP contribution is 2.37. The summed E-state index contributed by atoms with van der Waals surface area (Å²) in [5.74, 6) is 1.55. The van der Waals surface area contributed by atoms with Crippen LogP contribution in [0.15, 0.2) is 51.9 Å². The van der Waals surface area contributed by atoms with Gasteiger partial charge in [-0.05, 0) is 70.4 Å². The predicted molar refractivity (Wildman–Crippen MR) is 130 cm³/mol. The van der Waals surface area contributed by atoms with Crippen molar-refractivity contribution in [1.29, 1.82) is 0 Å². The lowest BCUT2D eigenvalue weighted by Gasteiger charge is -2.50. The van der Waals surface area contributed by atoms with E-state index >= 15 is 0 Å². The Balaban J connectivity index is 1.50. The van der Waals surface area contributed by atoms with Gasteiger partial charge in [0.1, 0.15) is 30.1 Å². The number of rotatable bonds is 3. The van der Waals surface area contributed by atoms with Gasteiger partial charge in [-0.15, -0.1) is 0 Å². The first-order valence-corrected chi connectivity index (χ1v) is 11.5. The minimum atomic E-state index is -0.0366. The summed E-state index contributed by atoms with van der Waals surface area (Å²) in [6, 6.07) is 11.5. The molecular weight excluding hydrogens is 416 g/mol. The smallest absolute Gasteiger partial charge is 0.200 e. The van der Waals surface area contributed by atoms with Crippen molar-refractivity contribution in [2.45, 2.75) is 64.2 Å². The largest absolute Gasteiger partial charge is 0.497 e. The van der Waals surface area contributed by atoms with Crippen molar-refractivity contribution in [3.8, 4) is 22.6 Å². The number of hydrogen-bond acceptors (Lipinski definition) is 6. The molecule has 2 aliphatic heterocycles. The predicted octanol–water partition coefficient (Wildman–Crippen LogP) is 4.93. The van der Waals surface area contributed by atoms with E-state index in [0.717, 1.165) is 35.5 Å². The summed E-state index contributed by atoms with van der Waals surface area (Å²) in [5, 5.41) is 4.33. The van der Waals surface area contributed by atoms with Gasteiger partial charge < -0.3 is 19.2 Å². The average molecular weight is 449 g/mol.